The van der Waals surface area contributed by atoms with Gasteiger partial charge in [0.15, 0.2) is 6.10 Å². The summed E-state index contributed by atoms with van der Waals surface area (Å²) in [5.41, 5.74) is 0.926. The van der Waals surface area contributed by atoms with Crippen molar-refractivity contribution in [1.82, 2.24) is 9.88 Å². The van der Waals surface area contributed by atoms with Crippen LogP contribution in [0.4, 0.5) is 13.2 Å². The van der Waals surface area contributed by atoms with Crippen LogP contribution in [0.25, 0.3) is 0 Å². The third-order valence-electron chi connectivity index (χ3n) is 5.40. The van der Waals surface area contributed by atoms with Crippen LogP contribution in [0.1, 0.15) is 56.0 Å². The minimum absolute atomic E-state index is 0.158. The summed E-state index contributed by atoms with van der Waals surface area (Å²) in [6.07, 6.45) is 3.69. The minimum atomic E-state index is -4.35. The monoisotopic (exact) mass is 376 g/mol. The molecule has 1 aliphatic carbocycles. The summed E-state index contributed by atoms with van der Waals surface area (Å²) < 4.78 is 42.8. The molecule has 25 heavy (non-hydrogen) atoms. The van der Waals surface area contributed by atoms with Gasteiger partial charge in [-0.05, 0) is 32.2 Å². The maximum Gasteiger partial charge on any atom is 0.425 e. The zero-order chi connectivity index (χ0) is 17.9. The highest BCUT2D eigenvalue weighted by Gasteiger charge is 2.38. The standard InChI is InChI=1S/C18H27F3N2OS/c1-13(18(19,20)21)24-17-22-15-8-11-23(12-9-16(15)25-17)10-7-14-5-3-2-4-6-14/h13-14H,2-12H2,1H3/t13-/m1/s1. The summed E-state index contributed by atoms with van der Waals surface area (Å²) in [5, 5.41) is 0.158. The Hall–Kier alpha value is -0.820. The third kappa shape index (κ3) is 5.33. The average Bonchev–Trinajstić information content (AvgIpc) is 2.86. The molecule has 1 aromatic rings. The fraction of sp³-hybridized carbons (Fsp3) is 0.833. The number of nitrogens with zero attached hydrogens (tertiary/aromatic N) is 2. The van der Waals surface area contributed by atoms with E-state index in [-0.39, 0.29) is 5.19 Å². The van der Waals surface area contributed by atoms with Gasteiger partial charge < -0.3 is 9.64 Å². The Morgan fingerprint density at radius 3 is 2.64 bits per heavy atom. The molecule has 0 unspecified atom stereocenters. The summed E-state index contributed by atoms with van der Waals surface area (Å²) >= 11 is 1.28. The topological polar surface area (TPSA) is 25.4 Å². The number of alkyl halides is 3. The normalized spacial score (nSPS) is 21.6. The number of ether oxygens (including phenoxy) is 1. The number of thiazole rings is 1. The average molecular weight is 376 g/mol. The molecular formula is C18H27F3N2OS. The molecule has 0 saturated heterocycles. The van der Waals surface area contributed by atoms with Gasteiger partial charge in [0.1, 0.15) is 0 Å². The first-order valence-electron chi connectivity index (χ1n) is 9.36. The minimum Gasteiger partial charge on any atom is -0.457 e. The molecule has 0 bridgehead atoms. The van der Waals surface area contributed by atoms with Gasteiger partial charge in [-0.2, -0.15) is 13.2 Å². The number of hydrogen-bond acceptors (Lipinski definition) is 4. The second-order valence-electron chi connectivity index (χ2n) is 7.29. The molecule has 7 heteroatoms. The number of halogens is 3. The second-order valence-corrected chi connectivity index (χ2v) is 8.33. The van der Waals surface area contributed by atoms with E-state index in [9.17, 15) is 13.2 Å². The van der Waals surface area contributed by atoms with Crippen molar-refractivity contribution in [2.24, 2.45) is 5.92 Å². The molecule has 0 spiro atoms. The van der Waals surface area contributed by atoms with Crippen LogP contribution in [0.3, 0.4) is 0 Å². The predicted molar refractivity (Wildman–Crippen MR) is 93.3 cm³/mol. The quantitative estimate of drug-likeness (QED) is 0.735. The van der Waals surface area contributed by atoms with E-state index in [2.05, 4.69) is 9.88 Å². The van der Waals surface area contributed by atoms with Gasteiger partial charge >= 0.3 is 6.18 Å². The molecule has 0 aromatic carbocycles. The van der Waals surface area contributed by atoms with Crippen LogP contribution in [-0.4, -0.2) is 41.8 Å². The molecule has 142 valence electrons. The molecule has 0 N–H and O–H groups in total. The molecule has 3 nitrogen and oxygen atoms in total. The predicted octanol–water partition coefficient (Wildman–Crippen LogP) is 4.84. The van der Waals surface area contributed by atoms with Crippen molar-refractivity contribution >= 4 is 11.3 Å². The zero-order valence-electron chi connectivity index (χ0n) is 14.8. The van der Waals surface area contributed by atoms with E-state index in [1.807, 2.05) is 0 Å². The van der Waals surface area contributed by atoms with Crippen molar-refractivity contribution in [1.29, 1.82) is 0 Å². The Labute approximate surface area is 151 Å². The van der Waals surface area contributed by atoms with E-state index in [0.717, 1.165) is 55.9 Å². The third-order valence-corrected chi connectivity index (χ3v) is 6.44. The number of fused-ring (bicyclic) bond motifs is 1. The van der Waals surface area contributed by atoms with E-state index in [0.29, 0.717) is 0 Å². The van der Waals surface area contributed by atoms with Gasteiger partial charge in [0.25, 0.3) is 5.19 Å². The fourth-order valence-electron chi connectivity index (χ4n) is 3.72. The van der Waals surface area contributed by atoms with Gasteiger partial charge in [0.2, 0.25) is 0 Å². The van der Waals surface area contributed by atoms with E-state index in [1.165, 1.54) is 49.9 Å². The number of rotatable bonds is 5. The van der Waals surface area contributed by atoms with Gasteiger partial charge in [-0.1, -0.05) is 43.4 Å². The van der Waals surface area contributed by atoms with E-state index in [4.69, 9.17) is 4.74 Å². The molecule has 1 aromatic heterocycles. The highest BCUT2D eigenvalue weighted by Crippen LogP contribution is 2.32. The molecule has 2 aliphatic rings. The molecule has 2 heterocycles. The van der Waals surface area contributed by atoms with Crippen molar-refractivity contribution < 1.29 is 17.9 Å². The summed E-state index contributed by atoms with van der Waals surface area (Å²) in [7, 11) is 0. The Morgan fingerprint density at radius 2 is 1.92 bits per heavy atom. The first-order chi connectivity index (χ1) is 11.9. The zero-order valence-corrected chi connectivity index (χ0v) is 15.6. The van der Waals surface area contributed by atoms with Crippen LogP contribution in [0, 0.1) is 5.92 Å². The number of hydrogen-bond donors (Lipinski definition) is 0. The highest BCUT2D eigenvalue weighted by atomic mass is 32.1. The van der Waals surface area contributed by atoms with Crippen molar-refractivity contribution in [2.75, 3.05) is 19.6 Å². The van der Waals surface area contributed by atoms with Crippen LogP contribution < -0.4 is 4.74 Å². The first kappa shape index (κ1) is 19.0. The van der Waals surface area contributed by atoms with Gasteiger partial charge in [-0.25, -0.2) is 4.98 Å². The van der Waals surface area contributed by atoms with Crippen molar-refractivity contribution in [2.45, 2.75) is 70.6 Å². The molecular weight excluding hydrogens is 349 g/mol. The highest BCUT2D eigenvalue weighted by molar-refractivity contribution is 7.13. The molecule has 0 radical (unpaired) electrons. The summed E-state index contributed by atoms with van der Waals surface area (Å²) in [4.78, 5) is 7.89. The Balaban J connectivity index is 1.49. The smallest absolute Gasteiger partial charge is 0.425 e. The lowest BCUT2D eigenvalue weighted by Gasteiger charge is -2.26. The van der Waals surface area contributed by atoms with Crippen LogP contribution >= 0.6 is 11.3 Å². The van der Waals surface area contributed by atoms with Gasteiger partial charge in [0, 0.05) is 24.4 Å². The van der Waals surface area contributed by atoms with E-state index < -0.39 is 12.3 Å². The molecule has 1 atom stereocenters. The summed E-state index contributed by atoms with van der Waals surface area (Å²) in [6.45, 7) is 4.07. The van der Waals surface area contributed by atoms with Crippen molar-refractivity contribution in [3.8, 4) is 5.19 Å². The molecule has 1 fully saturated rings. The SMILES string of the molecule is C[C@@H](Oc1nc2c(s1)CCN(CCC1CCCCC1)CC2)C(F)(F)F. The van der Waals surface area contributed by atoms with Crippen LogP contribution in [0.15, 0.2) is 0 Å². The lowest BCUT2D eigenvalue weighted by atomic mass is 9.87. The van der Waals surface area contributed by atoms with Crippen molar-refractivity contribution in [3.63, 3.8) is 0 Å². The van der Waals surface area contributed by atoms with Crippen LogP contribution in [-0.2, 0) is 12.8 Å². The van der Waals surface area contributed by atoms with Gasteiger partial charge in [-0.3, -0.25) is 0 Å². The molecule has 0 amide bonds. The fourth-order valence-corrected chi connectivity index (χ4v) is 4.74. The molecule has 1 aliphatic heterocycles. The molecule has 1 saturated carbocycles. The maximum absolute atomic E-state index is 12.6. The van der Waals surface area contributed by atoms with Crippen molar-refractivity contribution in [3.05, 3.63) is 10.6 Å². The number of aromatic nitrogens is 1. The van der Waals surface area contributed by atoms with Gasteiger partial charge in [0.05, 0.1) is 5.69 Å². The molecule has 3 rings (SSSR count). The van der Waals surface area contributed by atoms with E-state index in [1.54, 1.807) is 0 Å². The lowest BCUT2D eigenvalue weighted by Crippen LogP contribution is -2.31. The van der Waals surface area contributed by atoms with Crippen LogP contribution in [0.5, 0.6) is 5.19 Å². The maximum atomic E-state index is 12.6. The second kappa shape index (κ2) is 8.25. The Morgan fingerprint density at radius 1 is 1.20 bits per heavy atom. The summed E-state index contributed by atoms with van der Waals surface area (Å²) in [6, 6.07) is 0. The van der Waals surface area contributed by atoms with E-state index >= 15 is 0 Å². The lowest BCUT2D eigenvalue weighted by molar-refractivity contribution is -0.189. The summed E-state index contributed by atoms with van der Waals surface area (Å²) in [5.74, 6) is 0.882. The largest absolute Gasteiger partial charge is 0.457 e. The van der Waals surface area contributed by atoms with Gasteiger partial charge in [-0.15, -0.1) is 0 Å². The van der Waals surface area contributed by atoms with Crippen LogP contribution in [0.2, 0.25) is 0 Å². The Bertz CT molecular complexity index is 530. The first-order valence-corrected chi connectivity index (χ1v) is 10.2. The Kier molecular flexibility index (Phi) is 6.25.